The van der Waals surface area contributed by atoms with Crippen molar-refractivity contribution in [3.8, 4) is 16.9 Å². The Hall–Kier alpha value is -2.44. The van der Waals surface area contributed by atoms with Crippen LogP contribution in [0.1, 0.15) is 11.5 Å². The Balaban J connectivity index is 2.04. The normalized spacial score (nSPS) is 11.0. The molecule has 3 heterocycles. The molecule has 0 saturated heterocycles. The highest BCUT2D eigenvalue weighted by Gasteiger charge is 2.15. The zero-order chi connectivity index (χ0) is 18.0. The number of pyridine rings is 2. The van der Waals surface area contributed by atoms with Crippen molar-refractivity contribution in [2.24, 2.45) is 0 Å². The van der Waals surface area contributed by atoms with Gasteiger partial charge in [-0.1, -0.05) is 11.6 Å². The molecule has 25 heavy (non-hydrogen) atoms. The minimum atomic E-state index is -0.0736. The molecule has 0 fully saturated rings. The maximum absolute atomic E-state index is 12.3. The molecular weight excluding hydrogens is 340 g/mol. The molecule has 0 amide bonds. The molecule has 130 valence electrons. The standard InChI is InChI=1S/C18H19ClN4O2/c1-12-18(14-4-6-20-16(19)10-14)21-13(2)23(12)15-5-7-22(8-9-25-3)17(24)11-15/h4-7,10-11H,8-9H2,1-3H3. The molecule has 0 atom stereocenters. The third kappa shape index (κ3) is 3.50. The van der Waals surface area contributed by atoms with E-state index in [2.05, 4.69) is 9.97 Å². The molecule has 0 radical (unpaired) electrons. The summed E-state index contributed by atoms with van der Waals surface area (Å²) in [7, 11) is 1.62. The van der Waals surface area contributed by atoms with Crippen LogP contribution >= 0.6 is 11.6 Å². The van der Waals surface area contributed by atoms with E-state index in [1.54, 1.807) is 36.2 Å². The molecule has 7 heteroatoms. The molecule has 0 aliphatic carbocycles. The van der Waals surface area contributed by atoms with Gasteiger partial charge in [0.25, 0.3) is 5.56 Å². The van der Waals surface area contributed by atoms with Gasteiger partial charge in [-0.2, -0.15) is 0 Å². The van der Waals surface area contributed by atoms with E-state index in [0.29, 0.717) is 18.3 Å². The molecule has 0 aliphatic rings. The number of ether oxygens (including phenoxy) is 1. The van der Waals surface area contributed by atoms with Crippen LogP contribution in [0.4, 0.5) is 0 Å². The fourth-order valence-corrected chi connectivity index (χ4v) is 3.03. The van der Waals surface area contributed by atoms with E-state index in [1.165, 1.54) is 0 Å². The molecule has 0 N–H and O–H groups in total. The maximum atomic E-state index is 12.3. The van der Waals surface area contributed by atoms with Crippen molar-refractivity contribution in [1.82, 2.24) is 19.1 Å². The summed E-state index contributed by atoms with van der Waals surface area (Å²) in [5.41, 5.74) is 3.37. The van der Waals surface area contributed by atoms with Crippen molar-refractivity contribution in [2.75, 3.05) is 13.7 Å². The van der Waals surface area contributed by atoms with Crippen molar-refractivity contribution in [1.29, 1.82) is 0 Å². The first-order chi connectivity index (χ1) is 12.0. The predicted molar refractivity (Wildman–Crippen MR) is 97.4 cm³/mol. The highest BCUT2D eigenvalue weighted by Crippen LogP contribution is 2.26. The minimum absolute atomic E-state index is 0.0736. The predicted octanol–water partition coefficient (Wildman–Crippen LogP) is 3.01. The van der Waals surface area contributed by atoms with E-state index in [-0.39, 0.29) is 5.56 Å². The number of hydrogen-bond acceptors (Lipinski definition) is 4. The van der Waals surface area contributed by atoms with Crippen LogP contribution in [0.15, 0.2) is 41.5 Å². The fourth-order valence-electron chi connectivity index (χ4n) is 2.86. The van der Waals surface area contributed by atoms with Gasteiger partial charge in [-0.05, 0) is 32.0 Å². The van der Waals surface area contributed by atoms with Gasteiger partial charge in [-0.3, -0.25) is 4.79 Å². The van der Waals surface area contributed by atoms with E-state index in [9.17, 15) is 4.79 Å². The zero-order valence-corrected chi connectivity index (χ0v) is 15.1. The van der Waals surface area contributed by atoms with E-state index < -0.39 is 0 Å². The molecule has 0 bridgehead atoms. The van der Waals surface area contributed by atoms with Gasteiger partial charge in [0.1, 0.15) is 11.0 Å². The van der Waals surface area contributed by atoms with Gasteiger partial charge in [0.05, 0.1) is 18.0 Å². The summed E-state index contributed by atoms with van der Waals surface area (Å²) in [6, 6.07) is 7.17. The summed E-state index contributed by atoms with van der Waals surface area (Å²) < 4.78 is 8.61. The van der Waals surface area contributed by atoms with Crippen LogP contribution < -0.4 is 5.56 Å². The number of aryl methyl sites for hydroxylation is 1. The van der Waals surface area contributed by atoms with Gasteiger partial charge >= 0.3 is 0 Å². The first-order valence-corrected chi connectivity index (χ1v) is 8.26. The largest absolute Gasteiger partial charge is 0.383 e. The van der Waals surface area contributed by atoms with E-state index in [4.69, 9.17) is 16.3 Å². The zero-order valence-electron chi connectivity index (χ0n) is 14.4. The molecule has 0 aliphatic heterocycles. The second kappa shape index (κ2) is 7.21. The molecule has 3 aromatic rings. The quantitative estimate of drug-likeness (QED) is 0.658. The summed E-state index contributed by atoms with van der Waals surface area (Å²) in [5.74, 6) is 0.800. The van der Waals surface area contributed by atoms with Gasteiger partial charge in [-0.25, -0.2) is 9.97 Å². The molecule has 0 saturated carbocycles. The van der Waals surface area contributed by atoms with Gasteiger partial charge in [0.15, 0.2) is 0 Å². The van der Waals surface area contributed by atoms with Crippen molar-refractivity contribution in [3.63, 3.8) is 0 Å². The van der Waals surface area contributed by atoms with E-state index in [0.717, 1.165) is 28.5 Å². The maximum Gasteiger partial charge on any atom is 0.252 e. The number of nitrogens with zero attached hydrogens (tertiary/aromatic N) is 4. The van der Waals surface area contributed by atoms with Crippen LogP contribution in [-0.2, 0) is 11.3 Å². The highest BCUT2D eigenvalue weighted by molar-refractivity contribution is 6.29. The van der Waals surface area contributed by atoms with Crippen LogP contribution in [0, 0.1) is 13.8 Å². The Kier molecular flexibility index (Phi) is 5.01. The van der Waals surface area contributed by atoms with Crippen molar-refractivity contribution < 1.29 is 4.74 Å². The molecule has 0 spiro atoms. The van der Waals surface area contributed by atoms with Gasteiger partial charge < -0.3 is 13.9 Å². The summed E-state index contributed by atoms with van der Waals surface area (Å²) in [6.45, 7) is 4.91. The number of rotatable bonds is 5. The van der Waals surface area contributed by atoms with Crippen LogP contribution in [-0.4, -0.2) is 32.8 Å². The summed E-state index contributed by atoms with van der Waals surface area (Å²) in [6.07, 6.45) is 3.43. The number of methoxy groups -OCH3 is 1. The smallest absolute Gasteiger partial charge is 0.252 e. The average Bonchev–Trinajstić information content (AvgIpc) is 2.88. The third-order valence-electron chi connectivity index (χ3n) is 4.05. The van der Waals surface area contributed by atoms with Gasteiger partial charge in [0, 0.05) is 43.4 Å². The second-order valence-corrected chi connectivity index (χ2v) is 6.09. The monoisotopic (exact) mass is 358 g/mol. The Labute approximate surface area is 150 Å². The molecular formula is C18H19ClN4O2. The van der Waals surface area contributed by atoms with Crippen molar-refractivity contribution in [2.45, 2.75) is 20.4 Å². The minimum Gasteiger partial charge on any atom is -0.383 e. The summed E-state index contributed by atoms with van der Waals surface area (Å²) in [4.78, 5) is 21.0. The van der Waals surface area contributed by atoms with Gasteiger partial charge in [-0.15, -0.1) is 0 Å². The summed E-state index contributed by atoms with van der Waals surface area (Å²) >= 11 is 5.99. The lowest BCUT2D eigenvalue weighted by Crippen LogP contribution is -2.21. The van der Waals surface area contributed by atoms with Crippen LogP contribution in [0.25, 0.3) is 16.9 Å². The topological polar surface area (TPSA) is 61.9 Å². The SMILES string of the molecule is COCCn1ccc(-n2c(C)nc(-c3ccnc(Cl)c3)c2C)cc1=O. The Morgan fingerprint density at radius 3 is 2.72 bits per heavy atom. The number of hydrogen-bond donors (Lipinski definition) is 0. The highest BCUT2D eigenvalue weighted by atomic mass is 35.5. The van der Waals surface area contributed by atoms with E-state index in [1.807, 2.05) is 30.5 Å². The number of imidazole rings is 1. The van der Waals surface area contributed by atoms with Gasteiger partial charge in [0.2, 0.25) is 0 Å². The molecule has 0 aromatic carbocycles. The average molecular weight is 359 g/mol. The molecule has 0 unspecified atom stereocenters. The lowest BCUT2D eigenvalue weighted by atomic mass is 10.1. The summed E-state index contributed by atoms with van der Waals surface area (Å²) in [5, 5.41) is 0.421. The molecule has 6 nitrogen and oxygen atoms in total. The first kappa shape index (κ1) is 17.4. The molecule has 3 rings (SSSR count). The third-order valence-corrected chi connectivity index (χ3v) is 4.26. The van der Waals surface area contributed by atoms with Crippen LogP contribution in [0.2, 0.25) is 5.15 Å². The van der Waals surface area contributed by atoms with Crippen molar-refractivity contribution >= 4 is 11.6 Å². The Morgan fingerprint density at radius 1 is 1.24 bits per heavy atom. The van der Waals surface area contributed by atoms with Crippen molar-refractivity contribution in [3.05, 3.63) is 63.7 Å². The number of halogens is 1. The fraction of sp³-hybridized carbons (Fsp3) is 0.278. The second-order valence-electron chi connectivity index (χ2n) is 5.71. The Morgan fingerprint density at radius 2 is 2.04 bits per heavy atom. The first-order valence-electron chi connectivity index (χ1n) is 7.89. The lowest BCUT2D eigenvalue weighted by molar-refractivity contribution is 0.186. The van der Waals surface area contributed by atoms with Crippen LogP contribution in [0.3, 0.4) is 0 Å². The number of aromatic nitrogens is 4. The van der Waals surface area contributed by atoms with E-state index >= 15 is 0 Å². The Bertz CT molecular complexity index is 962. The lowest BCUT2D eigenvalue weighted by Gasteiger charge is -2.10. The van der Waals surface area contributed by atoms with Crippen LogP contribution in [0.5, 0.6) is 0 Å². The molecule has 3 aromatic heterocycles.